The number of hydrogen-bond acceptors (Lipinski definition) is 2. The van der Waals surface area contributed by atoms with E-state index in [4.69, 9.17) is 0 Å². The minimum atomic E-state index is 1.03. The summed E-state index contributed by atoms with van der Waals surface area (Å²) in [5, 5.41) is 4.48. The van der Waals surface area contributed by atoms with Gasteiger partial charge in [-0.1, -0.05) is 36.4 Å². The lowest BCUT2D eigenvalue weighted by atomic mass is 10.2. The topological polar surface area (TPSA) is 21.1 Å². The summed E-state index contributed by atoms with van der Waals surface area (Å²) in [7, 11) is 0. The zero-order valence-electron chi connectivity index (χ0n) is 11.1. The first kappa shape index (κ1) is 11.3. The van der Waals surface area contributed by atoms with Gasteiger partial charge in [-0.3, -0.25) is 0 Å². The summed E-state index contributed by atoms with van der Waals surface area (Å²) >= 11 is 0. The molecule has 3 heteroatoms. The average molecular weight is 261 g/mol. The Labute approximate surface area is 118 Å². The molecule has 1 aliphatic heterocycles. The minimum absolute atomic E-state index is 1.03. The lowest BCUT2D eigenvalue weighted by Crippen LogP contribution is -2.12. The third-order valence-electron chi connectivity index (χ3n) is 3.79. The Hall–Kier alpha value is -2.55. The first-order valence-corrected chi connectivity index (χ1v) is 6.87. The van der Waals surface area contributed by atoms with Crippen LogP contribution in [0.4, 0.5) is 11.4 Å². The normalized spacial score (nSPS) is 13.5. The van der Waals surface area contributed by atoms with Crippen molar-refractivity contribution >= 4 is 11.4 Å². The maximum absolute atomic E-state index is 4.48. The predicted molar refractivity (Wildman–Crippen MR) is 80.7 cm³/mol. The molecule has 3 aromatic rings. The molecule has 20 heavy (non-hydrogen) atoms. The highest BCUT2D eigenvalue weighted by Crippen LogP contribution is 2.34. The molecule has 98 valence electrons. The van der Waals surface area contributed by atoms with Gasteiger partial charge >= 0.3 is 0 Å². The maximum atomic E-state index is 4.48. The second-order valence-electron chi connectivity index (χ2n) is 5.01. The van der Waals surface area contributed by atoms with Gasteiger partial charge in [-0.25, -0.2) is 4.68 Å². The van der Waals surface area contributed by atoms with Crippen molar-refractivity contribution < 1.29 is 0 Å². The summed E-state index contributed by atoms with van der Waals surface area (Å²) in [6.07, 6.45) is 5.14. The van der Waals surface area contributed by atoms with Crippen molar-refractivity contribution in [1.29, 1.82) is 0 Å². The highest BCUT2D eigenvalue weighted by Gasteiger charge is 2.20. The summed E-state index contributed by atoms with van der Waals surface area (Å²) in [4.78, 5) is 2.34. The van der Waals surface area contributed by atoms with Crippen molar-refractivity contribution in [3.05, 3.63) is 72.6 Å². The molecule has 1 aromatic heterocycles. The van der Waals surface area contributed by atoms with Gasteiger partial charge in [0.1, 0.15) is 0 Å². The zero-order chi connectivity index (χ0) is 13.4. The first-order valence-electron chi connectivity index (χ1n) is 6.87. The summed E-state index contributed by atoms with van der Waals surface area (Å²) in [6, 6.07) is 18.8. The minimum Gasteiger partial charge on any atom is -0.338 e. The molecule has 0 aliphatic carbocycles. The quantitative estimate of drug-likeness (QED) is 0.703. The van der Waals surface area contributed by atoms with Crippen LogP contribution in [-0.2, 0) is 6.42 Å². The smallest absolute Gasteiger partial charge is 0.0801 e. The predicted octanol–water partition coefficient (Wildman–Crippen LogP) is 3.57. The van der Waals surface area contributed by atoms with E-state index in [0.717, 1.165) is 24.3 Å². The number of rotatable bonds is 2. The van der Waals surface area contributed by atoms with E-state index in [9.17, 15) is 0 Å². The second-order valence-corrected chi connectivity index (χ2v) is 5.01. The van der Waals surface area contributed by atoms with Crippen molar-refractivity contribution in [2.45, 2.75) is 6.42 Å². The highest BCUT2D eigenvalue weighted by molar-refractivity contribution is 5.69. The molecule has 0 saturated heterocycles. The van der Waals surface area contributed by atoms with Crippen LogP contribution in [0.15, 0.2) is 67.0 Å². The van der Waals surface area contributed by atoms with Crippen molar-refractivity contribution in [2.75, 3.05) is 11.4 Å². The molecular weight excluding hydrogens is 246 g/mol. The summed E-state index contributed by atoms with van der Waals surface area (Å²) in [5.41, 5.74) is 4.96. The van der Waals surface area contributed by atoms with Gasteiger partial charge in [-0.05, 0) is 30.2 Å². The third-order valence-corrected chi connectivity index (χ3v) is 3.79. The lowest BCUT2D eigenvalue weighted by Gasteiger charge is -2.16. The summed E-state index contributed by atoms with van der Waals surface area (Å²) in [6.45, 7) is 1.03. The van der Waals surface area contributed by atoms with Crippen molar-refractivity contribution in [3.8, 4) is 5.69 Å². The Balaban J connectivity index is 1.70. The van der Waals surface area contributed by atoms with Gasteiger partial charge in [0, 0.05) is 12.2 Å². The van der Waals surface area contributed by atoms with Crippen LogP contribution in [0.5, 0.6) is 0 Å². The van der Waals surface area contributed by atoms with Crippen LogP contribution in [0.2, 0.25) is 0 Å². The van der Waals surface area contributed by atoms with Crippen LogP contribution < -0.4 is 4.90 Å². The van der Waals surface area contributed by atoms with E-state index < -0.39 is 0 Å². The SMILES string of the molecule is c1ccc(-n2cc(N3CCc4ccccc43)cn2)cc1. The Morgan fingerprint density at radius 3 is 2.55 bits per heavy atom. The zero-order valence-corrected chi connectivity index (χ0v) is 11.1. The number of aromatic nitrogens is 2. The molecule has 0 spiro atoms. The molecule has 0 saturated carbocycles. The van der Waals surface area contributed by atoms with Gasteiger partial charge in [0.2, 0.25) is 0 Å². The van der Waals surface area contributed by atoms with Crippen LogP contribution in [0.3, 0.4) is 0 Å². The second kappa shape index (κ2) is 4.53. The lowest BCUT2D eigenvalue weighted by molar-refractivity contribution is 0.880. The fourth-order valence-corrected chi connectivity index (χ4v) is 2.78. The van der Waals surface area contributed by atoms with E-state index in [1.54, 1.807) is 0 Å². The monoisotopic (exact) mass is 261 g/mol. The number of anilines is 2. The fraction of sp³-hybridized carbons (Fsp3) is 0.118. The largest absolute Gasteiger partial charge is 0.338 e. The van der Waals surface area contributed by atoms with E-state index in [0.29, 0.717) is 0 Å². The molecule has 2 aromatic carbocycles. The van der Waals surface area contributed by atoms with Crippen LogP contribution in [0.1, 0.15) is 5.56 Å². The van der Waals surface area contributed by atoms with Crippen molar-refractivity contribution in [2.24, 2.45) is 0 Å². The van der Waals surface area contributed by atoms with Crippen molar-refractivity contribution in [1.82, 2.24) is 9.78 Å². The molecule has 0 unspecified atom stereocenters. The van der Waals surface area contributed by atoms with E-state index >= 15 is 0 Å². The van der Waals surface area contributed by atoms with Gasteiger partial charge in [-0.15, -0.1) is 0 Å². The van der Waals surface area contributed by atoms with Crippen molar-refractivity contribution in [3.63, 3.8) is 0 Å². The van der Waals surface area contributed by atoms with Gasteiger partial charge in [0.15, 0.2) is 0 Å². The molecule has 4 rings (SSSR count). The molecule has 0 atom stereocenters. The fourth-order valence-electron chi connectivity index (χ4n) is 2.78. The molecule has 1 aliphatic rings. The summed E-state index contributed by atoms with van der Waals surface area (Å²) < 4.78 is 1.93. The molecule has 2 heterocycles. The molecule has 0 fully saturated rings. The molecule has 0 amide bonds. The molecule has 0 bridgehead atoms. The standard InChI is InChI=1S/C17H15N3/c1-2-7-15(8-3-1)20-13-16(12-18-20)19-11-10-14-6-4-5-9-17(14)19/h1-9,12-13H,10-11H2. The first-order chi connectivity index (χ1) is 9.92. The van der Waals surface area contributed by atoms with Crippen LogP contribution >= 0.6 is 0 Å². The summed E-state index contributed by atoms with van der Waals surface area (Å²) in [5.74, 6) is 0. The van der Waals surface area contributed by atoms with Gasteiger partial charge in [0.25, 0.3) is 0 Å². The van der Waals surface area contributed by atoms with E-state index in [-0.39, 0.29) is 0 Å². The van der Waals surface area contributed by atoms with Gasteiger partial charge < -0.3 is 4.90 Å². The third kappa shape index (κ3) is 1.79. The van der Waals surface area contributed by atoms with Crippen LogP contribution in [0, 0.1) is 0 Å². The van der Waals surface area contributed by atoms with Gasteiger partial charge in [-0.2, -0.15) is 5.10 Å². The van der Waals surface area contributed by atoms with Crippen LogP contribution in [0.25, 0.3) is 5.69 Å². The Kier molecular flexibility index (Phi) is 2.56. The van der Waals surface area contributed by atoms with Crippen LogP contribution in [-0.4, -0.2) is 16.3 Å². The van der Waals surface area contributed by atoms with Gasteiger partial charge in [0.05, 0.1) is 23.8 Å². The molecule has 0 radical (unpaired) electrons. The Morgan fingerprint density at radius 2 is 1.65 bits per heavy atom. The molecular formula is C17H15N3. The van der Waals surface area contributed by atoms with E-state index in [1.807, 2.05) is 29.1 Å². The molecule has 0 N–H and O–H groups in total. The molecule has 3 nitrogen and oxygen atoms in total. The van der Waals surface area contributed by atoms with E-state index in [2.05, 4.69) is 52.6 Å². The maximum Gasteiger partial charge on any atom is 0.0801 e. The Bertz CT molecular complexity index is 731. The van der Waals surface area contributed by atoms with E-state index in [1.165, 1.54) is 11.3 Å². The highest BCUT2D eigenvalue weighted by atomic mass is 15.3. The average Bonchev–Trinajstić information content (AvgIpc) is 3.14. The number of nitrogens with zero attached hydrogens (tertiary/aromatic N) is 3. The number of fused-ring (bicyclic) bond motifs is 1. The Morgan fingerprint density at radius 1 is 0.850 bits per heavy atom. The number of hydrogen-bond donors (Lipinski definition) is 0. The number of para-hydroxylation sites is 2. The number of benzene rings is 2.